The molecule has 7 nitrogen and oxygen atoms in total. The van der Waals surface area contributed by atoms with Crippen LogP contribution in [0.15, 0.2) is 29.1 Å². The summed E-state index contributed by atoms with van der Waals surface area (Å²) in [6.45, 7) is 6.76. The lowest BCUT2D eigenvalue weighted by molar-refractivity contribution is -0.134. The number of hydrogen-bond donors (Lipinski definition) is 1. The normalized spacial score (nSPS) is 20.6. The Kier molecular flexibility index (Phi) is 5.15. The van der Waals surface area contributed by atoms with E-state index in [-0.39, 0.29) is 17.4 Å². The molecule has 2 aromatic heterocycles. The summed E-state index contributed by atoms with van der Waals surface area (Å²) in [7, 11) is 0. The molecule has 0 aliphatic carbocycles. The standard InChI is InChI=1S/C21H27N5O2/c1-14-9-15(2)24-21(23-14)22-8-4-7-19(27)25-11-16-10-17(13-25)18-5-3-6-20(28)26(18)12-16/h3,5-6,9,16-17H,4,7-8,10-13H2,1-2H3,(H,22,23,24)/t16-,17+/m1/s1. The molecule has 0 spiro atoms. The van der Waals surface area contributed by atoms with Crippen LogP contribution < -0.4 is 10.9 Å². The van der Waals surface area contributed by atoms with Crippen molar-refractivity contribution in [2.24, 2.45) is 5.92 Å². The Morgan fingerprint density at radius 3 is 2.75 bits per heavy atom. The van der Waals surface area contributed by atoms with E-state index in [1.165, 1.54) is 0 Å². The highest BCUT2D eigenvalue weighted by Gasteiger charge is 2.35. The molecular formula is C21H27N5O2. The summed E-state index contributed by atoms with van der Waals surface area (Å²) in [5, 5.41) is 3.21. The van der Waals surface area contributed by atoms with Gasteiger partial charge in [-0.3, -0.25) is 9.59 Å². The molecule has 148 valence electrons. The Morgan fingerprint density at radius 2 is 1.96 bits per heavy atom. The molecule has 1 fully saturated rings. The van der Waals surface area contributed by atoms with E-state index >= 15 is 0 Å². The highest BCUT2D eigenvalue weighted by Crippen LogP contribution is 2.35. The molecule has 1 amide bonds. The van der Waals surface area contributed by atoms with Crippen LogP contribution >= 0.6 is 0 Å². The molecule has 1 saturated heterocycles. The van der Waals surface area contributed by atoms with Gasteiger partial charge in [0.1, 0.15) is 0 Å². The highest BCUT2D eigenvalue weighted by molar-refractivity contribution is 5.76. The number of piperidine rings is 1. The first-order valence-corrected chi connectivity index (χ1v) is 10.0. The zero-order valence-electron chi connectivity index (χ0n) is 16.5. The van der Waals surface area contributed by atoms with E-state index in [1.807, 2.05) is 41.5 Å². The summed E-state index contributed by atoms with van der Waals surface area (Å²) in [4.78, 5) is 35.6. The number of nitrogens with zero attached hydrogens (tertiary/aromatic N) is 4. The molecule has 2 aromatic rings. The van der Waals surface area contributed by atoms with E-state index in [4.69, 9.17) is 0 Å². The molecule has 2 aliphatic heterocycles. The summed E-state index contributed by atoms with van der Waals surface area (Å²) in [6, 6.07) is 7.42. The van der Waals surface area contributed by atoms with E-state index in [2.05, 4.69) is 15.3 Å². The topological polar surface area (TPSA) is 80.1 Å². The Labute approximate surface area is 164 Å². The molecule has 2 atom stereocenters. The van der Waals surface area contributed by atoms with Crippen molar-refractivity contribution < 1.29 is 4.79 Å². The number of pyridine rings is 1. The van der Waals surface area contributed by atoms with Crippen LogP contribution in [-0.4, -0.2) is 45.0 Å². The molecule has 1 N–H and O–H groups in total. The number of nitrogens with one attached hydrogen (secondary N) is 1. The van der Waals surface area contributed by atoms with E-state index in [0.29, 0.717) is 31.4 Å². The quantitative estimate of drug-likeness (QED) is 0.802. The number of aryl methyl sites for hydroxylation is 2. The van der Waals surface area contributed by atoms with Gasteiger partial charge in [0.05, 0.1) is 0 Å². The molecule has 4 rings (SSSR count). The van der Waals surface area contributed by atoms with Gasteiger partial charge in [0.25, 0.3) is 5.56 Å². The predicted octanol–water partition coefficient (Wildman–Crippen LogP) is 2.09. The Bertz CT molecular complexity index is 918. The van der Waals surface area contributed by atoms with Crippen molar-refractivity contribution in [1.29, 1.82) is 0 Å². The van der Waals surface area contributed by atoms with E-state index in [9.17, 15) is 9.59 Å². The van der Waals surface area contributed by atoms with Gasteiger partial charge < -0.3 is 14.8 Å². The fraction of sp³-hybridized carbons (Fsp3) is 0.524. The van der Waals surface area contributed by atoms with E-state index < -0.39 is 0 Å². The zero-order valence-corrected chi connectivity index (χ0v) is 16.5. The van der Waals surface area contributed by atoms with Crippen molar-refractivity contribution in [2.75, 3.05) is 25.0 Å². The minimum atomic E-state index is 0.0756. The maximum Gasteiger partial charge on any atom is 0.250 e. The third-order valence-electron chi connectivity index (χ3n) is 5.67. The first-order valence-electron chi connectivity index (χ1n) is 10.0. The smallest absolute Gasteiger partial charge is 0.250 e. The Morgan fingerprint density at radius 1 is 1.18 bits per heavy atom. The molecule has 0 saturated carbocycles. The molecule has 4 heterocycles. The SMILES string of the molecule is Cc1cc(C)nc(NCCCC(=O)N2C[C@H]3C[C@@H](C2)c2cccc(=O)n2C3)n1. The fourth-order valence-corrected chi connectivity index (χ4v) is 4.50. The van der Waals surface area contributed by atoms with Gasteiger partial charge in [0, 0.05) is 61.7 Å². The summed E-state index contributed by atoms with van der Waals surface area (Å²) in [6.07, 6.45) is 2.33. The summed E-state index contributed by atoms with van der Waals surface area (Å²) < 4.78 is 1.90. The van der Waals surface area contributed by atoms with Crippen LogP contribution in [0.25, 0.3) is 0 Å². The van der Waals surface area contributed by atoms with Crippen molar-refractivity contribution in [1.82, 2.24) is 19.4 Å². The number of aromatic nitrogens is 3. The van der Waals surface area contributed by atoms with Gasteiger partial charge in [-0.2, -0.15) is 0 Å². The molecular weight excluding hydrogens is 354 g/mol. The number of rotatable bonds is 5. The van der Waals surface area contributed by atoms with Crippen LogP contribution in [0, 0.1) is 19.8 Å². The largest absolute Gasteiger partial charge is 0.354 e. The van der Waals surface area contributed by atoms with Crippen LogP contribution in [0.2, 0.25) is 0 Å². The zero-order chi connectivity index (χ0) is 19.7. The number of amides is 1. The average Bonchev–Trinajstić information content (AvgIpc) is 2.65. The molecule has 7 heteroatoms. The number of fused-ring (bicyclic) bond motifs is 4. The van der Waals surface area contributed by atoms with Gasteiger partial charge in [-0.25, -0.2) is 9.97 Å². The van der Waals surface area contributed by atoms with Gasteiger partial charge in [0.15, 0.2) is 0 Å². The summed E-state index contributed by atoms with van der Waals surface area (Å²) in [5.74, 6) is 1.47. The van der Waals surface area contributed by atoms with Crippen LogP contribution in [-0.2, 0) is 11.3 Å². The molecule has 0 unspecified atom stereocenters. The summed E-state index contributed by atoms with van der Waals surface area (Å²) in [5.41, 5.74) is 3.03. The maximum atomic E-state index is 12.7. The lowest BCUT2D eigenvalue weighted by Crippen LogP contribution is -2.49. The molecule has 0 radical (unpaired) electrons. The Hall–Kier alpha value is -2.70. The second kappa shape index (κ2) is 7.73. The molecule has 28 heavy (non-hydrogen) atoms. The lowest BCUT2D eigenvalue weighted by atomic mass is 9.83. The fourth-order valence-electron chi connectivity index (χ4n) is 4.50. The van der Waals surface area contributed by atoms with Crippen molar-refractivity contribution >= 4 is 11.9 Å². The van der Waals surface area contributed by atoms with Gasteiger partial charge in [-0.15, -0.1) is 0 Å². The predicted molar refractivity (Wildman–Crippen MR) is 107 cm³/mol. The highest BCUT2D eigenvalue weighted by atomic mass is 16.2. The van der Waals surface area contributed by atoms with Crippen molar-refractivity contribution in [3.05, 3.63) is 51.7 Å². The third-order valence-corrected chi connectivity index (χ3v) is 5.67. The van der Waals surface area contributed by atoms with Gasteiger partial charge in [-0.05, 0) is 44.7 Å². The van der Waals surface area contributed by atoms with Crippen molar-refractivity contribution in [2.45, 2.75) is 45.6 Å². The van der Waals surface area contributed by atoms with Gasteiger partial charge >= 0.3 is 0 Å². The van der Waals surface area contributed by atoms with Gasteiger partial charge in [0.2, 0.25) is 11.9 Å². The second-order valence-electron chi connectivity index (χ2n) is 8.00. The number of hydrogen-bond acceptors (Lipinski definition) is 5. The Balaban J connectivity index is 1.31. The number of carbonyl (C=O) groups is 1. The molecule has 2 bridgehead atoms. The number of carbonyl (C=O) groups excluding carboxylic acids is 1. The van der Waals surface area contributed by atoms with Crippen molar-refractivity contribution in [3.8, 4) is 0 Å². The van der Waals surface area contributed by atoms with Crippen LogP contribution in [0.5, 0.6) is 0 Å². The maximum absolute atomic E-state index is 12.7. The van der Waals surface area contributed by atoms with E-state index in [1.54, 1.807) is 6.07 Å². The number of anilines is 1. The molecule has 0 aromatic carbocycles. The van der Waals surface area contributed by atoms with Crippen LogP contribution in [0.1, 0.15) is 42.3 Å². The lowest BCUT2D eigenvalue weighted by Gasteiger charge is -2.42. The third kappa shape index (κ3) is 3.93. The first-order chi connectivity index (χ1) is 13.5. The van der Waals surface area contributed by atoms with E-state index in [0.717, 1.165) is 43.0 Å². The number of likely N-dealkylation sites (tertiary alicyclic amines) is 1. The first kappa shape index (κ1) is 18.7. The van der Waals surface area contributed by atoms with Crippen LogP contribution in [0.4, 0.5) is 5.95 Å². The monoisotopic (exact) mass is 381 g/mol. The minimum Gasteiger partial charge on any atom is -0.354 e. The van der Waals surface area contributed by atoms with Crippen molar-refractivity contribution in [3.63, 3.8) is 0 Å². The van der Waals surface area contributed by atoms with Gasteiger partial charge in [-0.1, -0.05) is 6.07 Å². The second-order valence-corrected chi connectivity index (χ2v) is 8.00. The van der Waals surface area contributed by atoms with Crippen LogP contribution in [0.3, 0.4) is 0 Å². The minimum absolute atomic E-state index is 0.0756. The molecule has 2 aliphatic rings. The summed E-state index contributed by atoms with van der Waals surface area (Å²) >= 11 is 0. The average molecular weight is 381 g/mol.